The third-order valence-electron chi connectivity index (χ3n) is 10.5. The summed E-state index contributed by atoms with van der Waals surface area (Å²) in [5.41, 5.74) is 0. The molecule has 6 heteroatoms. The van der Waals surface area contributed by atoms with E-state index in [1.54, 1.807) is 6.08 Å². The van der Waals surface area contributed by atoms with E-state index in [4.69, 9.17) is 4.74 Å². The fourth-order valence-electron chi connectivity index (χ4n) is 6.86. The van der Waals surface area contributed by atoms with Crippen molar-refractivity contribution in [3.05, 3.63) is 24.3 Å². The zero-order chi connectivity index (χ0) is 38.7. The fourth-order valence-corrected chi connectivity index (χ4v) is 6.86. The number of rotatable bonds is 42. The first-order valence-electron chi connectivity index (χ1n) is 23.1. The standard InChI is InChI=1S/C47H89NO5/c1-3-5-7-9-11-13-14-15-16-17-18-19-20-25-29-33-37-41-47(52)53-42-38-34-30-26-22-21-24-28-32-36-40-46(51)48-44(43-49)45(50)39-35-31-27-23-12-10-8-6-4-2/h15-16,35,39,44-45,49-50H,3-14,17-34,36-38,40-43H2,1-2H3,(H,48,51)/b16-15-,39-35+. The highest BCUT2D eigenvalue weighted by atomic mass is 16.5. The van der Waals surface area contributed by atoms with Crippen molar-refractivity contribution >= 4 is 11.9 Å². The average Bonchev–Trinajstić information content (AvgIpc) is 3.16. The van der Waals surface area contributed by atoms with Gasteiger partial charge in [-0.25, -0.2) is 0 Å². The molecule has 0 bridgehead atoms. The Kier molecular flexibility index (Phi) is 41.7. The molecule has 0 saturated carbocycles. The van der Waals surface area contributed by atoms with Gasteiger partial charge >= 0.3 is 5.97 Å². The molecule has 0 aromatic heterocycles. The number of unbranched alkanes of at least 4 members (excludes halogenated alkanes) is 29. The molecule has 0 rings (SSSR count). The maximum absolute atomic E-state index is 12.3. The Morgan fingerprint density at radius 2 is 0.887 bits per heavy atom. The summed E-state index contributed by atoms with van der Waals surface area (Å²) in [5, 5.41) is 22.8. The van der Waals surface area contributed by atoms with Gasteiger partial charge in [0.05, 0.1) is 25.4 Å². The lowest BCUT2D eigenvalue weighted by Gasteiger charge is -2.20. The van der Waals surface area contributed by atoms with Crippen molar-refractivity contribution in [2.75, 3.05) is 13.2 Å². The lowest BCUT2D eigenvalue weighted by Crippen LogP contribution is -2.45. The smallest absolute Gasteiger partial charge is 0.305 e. The summed E-state index contributed by atoms with van der Waals surface area (Å²) >= 11 is 0. The summed E-state index contributed by atoms with van der Waals surface area (Å²) in [6.45, 7) is 4.80. The van der Waals surface area contributed by atoms with E-state index in [0.717, 1.165) is 57.8 Å². The van der Waals surface area contributed by atoms with Crippen LogP contribution >= 0.6 is 0 Å². The Balaban J connectivity index is 3.48. The lowest BCUT2D eigenvalue weighted by molar-refractivity contribution is -0.143. The topological polar surface area (TPSA) is 95.9 Å². The van der Waals surface area contributed by atoms with Crippen LogP contribution in [0.15, 0.2) is 24.3 Å². The van der Waals surface area contributed by atoms with Gasteiger partial charge in [0.1, 0.15) is 0 Å². The highest BCUT2D eigenvalue weighted by Crippen LogP contribution is 2.14. The maximum atomic E-state index is 12.3. The molecule has 6 nitrogen and oxygen atoms in total. The molecule has 0 fully saturated rings. The number of carbonyl (C=O) groups excluding carboxylic acids is 2. The van der Waals surface area contributed by atoms with Crippen LogP contribution in [0.5, 0.6) is 0 Å². The van der Waals surface area contributed by atoms with Crippen molar-refractivity contribution in [3.8, 4) is 0 Å². The highest BCUT2D eigenvalue weighted by Gasteiger charge is 2.18. The van der Waals surface area contributed by atoms with Gasteiger partial charge in [-0.3, -0.25) is 9.59 Å². The summed E-state index contributed by atoms with van der Waals surface area (Å²) < 4.78 is 5.45. The molecule has 0 aliphatic carbocycles. The van der Waals surface area contributed by atoms with Crippen molar-refractivity contribution in [2.45, 2.75) is 251 Å². The molecule has 312 valence electrons. The second-order valence-electron chi connectivity index (χ2n) is 15.7. The Bertz CT molecular complexity index is 828. The first-order chi connectivity index (χ1) is 26.0. The van der Waals surface area contributed by atoms with E-state index < -0.39 is 12.1 Å². The molecular formula is C47H89NO5. The molecule has 0 radical (unpaired) electrons. The Hall–Kier alpha value is -1.66. The number of ether oxygens (including phenoxy) is 1. The maximum Gasteiger partial charge on any atom is 0.305 e. The third kappa shape index (κ3) is 39.8. The summed E-state index contributed by atoms with van der Waals surface area (Å²) in [7, 11) is 0. The van der Waals surface area contributed by atoms with Crippen LogP contribution in [0.2, 0.25) is 0 Å². The van der Waals surface area contributed by atoms with Crippen LogP contribution in [-0.4, -0.2) is 47.4 Å². The van der Waals surface area contributed by atoms with Crippen molar-refractivity contribution < 1.29 is 24.5 Å². The number of allylic oxidation sites excluding steroid dienone is 3. The molecule has 0 aromatic rings. The van der Waals surface area contributed by atoms with Crippen LogP contribution in [0.1, 0.15) is 239 Å². The molecule has 0 aliphatic rings. The highest BCUT2D eigenvalue weighted by molar-refractivity contribution is 5.76. The quantitative estimate of drug-likeness (QED) is 0.0328. The number of nitrogens with one attached hydrogen (secondary N) is 1. The molecule has 1 amide bonds. The number of esters is 1. The number of hydrogen-bond acceptors (Lipinski definition) is 5. The summed E-state index contributed by atoms with van der Waals surface area (Å²) in [6, 6.07) is -0.642. The number of amides is 1. The van der Waals surface area contributed by atoms with E-state index in [2.05, 4.69) is 31.3 Å². The fraction of sp³-hybridized carbons (Fsp3) is 0.872. The largest absolute Gasteiger partial charge is 0.466 e. The van der Waals surface area contributed by atoms with Crippen LogP contribution < -0.4 is 5.32 Å². The van der Waals surface area contributed by atoms with Crippen molar-refractivity contribution in [1.29, 1.82) is 0 Å². The van der Waals surface area contributed by atoms with E-state index in [1.807, 2.05) is 6.08 Å². The SMILES string of the molecule is CCCCCCCC/C=C\CCCCCCCCCC(=O)OCCCCCCCCCCCCC(=O)NC(CO)C(O)/C=C/CCCCCCCCC. The first kappa shape index (κ1) is 51.3. The Morgan fingerprint density at radius 1 is 0.509 bits per heavy atom. The van der Waals surface area contributed by atoms with E-state index in [1.165, 1.54) is 154 Å². The molecule has 3 N–H and O–H groups in total. The molecule has 0 heterocycles. The van der Waals surface area contributed by atoms with Crippen molar-refractivity contribution in [1.82, 2.24) is 5.32 Å². The van der Waals surface area contributed by atoms with E-state index in [9.17, 15) is 19.8 Å². The Morgan fingerprint density at radius 3 is 1.34 bits per heavy atom. The predicted molar refractivity (Wildman–Crippen MR) is 227 cm³/mol. The van der Waals surface area contributed by atoms with Crippen LogP contribution in [0.25, 0.3) is 0 Å². The second-order valence-corrected chi connectivity index (χ2v) is 15.7. The monoisotopic (exact) mass is 748 g/mol. The zero-order valence-corrected chi connectivity index (χ0v) is 35.2. The number of aliphatic hydroxyl groups excluding tert-OH is 2. The summed E-state index contributed by atoms with van der Waals surface area (Å²) in [5.74, 6) is -0.120. The van der Waals surface area contributed by atoms with Gasteiger partial charge in [0, 0.05) is 12.8 Å². The number of hydrogen-bond donors (Lipinski definition) is 3. The van der Waals surface area contributed by atoms with E-state index in [-0.39, 0.29) is 18.5 Å². The van der Waals surface area contributed by atoms with Gasteiger partial charge in [0.15, 0.2) is 0 Å². The van der Waals surface area contributed by atoms with Crippen LogP contribution in [-0.2, 0) is 14.3 Å². The minimum absolute atomic E-state index is 0.0254. The molecule has 53 heavy (non-hydrogen) atoms. The third-order valence-corrected chi connectivity index (χ3v) is 10.5. The van der Waals surface area contributed by atoms with Gasteiger partial charge in [-0.05, 0) is 57.8 Å². The Labute approximate surface area is 329 Å². The molecule has 2 unspecified atom stereocenters. The molecule has 0 saturated heterocycles. The average molecular weight is 748 g/mol. The van der Waals surface area contributed by atoms with Gasteiger partial charge in [-0.15, -0.1) is 0 Å². The minimum atomic E-state index is -0.856. The zero-order valence-electron chi connectivity index (χ0n) is 35.2. The summed E-state index contributed by atoms with van der Waals surface area (Å²) in [4.78, 5) is 24.4. The van der Waals surface area contributed by atoms with Crippen LogP contribution in [0.3, 0.4) is 0 Å². The van der Waals surface area contributed by atoms with E-state index in [0.29, 0.717) is 19.4 Å². The molecule has 2 atom stereocenters. The van der Waals surface area contributed by atoms with Crippen LogP contribution in [0, 0.1) is 0 Å². The molecule has 0 spiro atoms. The van der Waals surface area contributed by atoms with Crippen LogP contribution in [0.4, 0.5) is 0 Å². The van der Waals surface area contributed by atoms with Gasteiger partial charge in [0.2, 0.25) is 5.91 Å². The van der Waals surface area contributed by atoms with Gasteiger partial charge in [-0.1, -0.05) is 192 Å². The van der Waals surface area contributed by atoms with Crippen molar-refractivity contribution in [2.24, 2.45) is 0 Å². The second kappa shape index (κ2) is 43.1. The number of aliphatic hydroxyl groups is 2. The van der Waals surface area contributed by atoms with Crippen molar-refractivity contribution in [3.63, 3.8) is 0 Å². The molecule has 0 aromatic carbocycles. The predicted octanol–water partition coefficient (Wildman–Crippen LogP) is 13.2. The van der Waals surface area contributed by atoms with E-state index >= 15 is 0 Å². The normalized spacial score (nSPS) is 12.9. The molecular weight excluding hydrogens is 659 g/mol. The van der Waals surface area contributed by atoms with Gasteiger partial charge in [0.25, 0.3) is 0 Å². The minimum Gasteiger partial charge on any atom is -0.466 e. The summed E-state index contributed by atoms with van der Waals surface area (Å²) in [6.07, 6.45) is 48.8. The lowest BCUT2D eigenvalue weighted by atomic mass is 10.1. The van der Waals surface area contributed by atoms with Gasteiger partial charge in [-0.2, -0.15) is 0 Å². The van der Waals surface area contributed by atoms with Gasteiger partial charge < -0.3 is 20.3 Å². The molecule has 0 aliphatic heterocycles. The first-order valence-corrected chi connectivity index (χ1v) is 23.1. The number of carbonyl (C=O) groups is 2.